The van der Waals surface area contributed by atoms with Crippen LogP contribution in [0.3, 0.4) is 0 Å². The standard InChI is InChI=1S/C27H30N4O3/c1-4-31(5-2)27(34)20-9-11-23(12-10-20)29-25(32)18-28-22-13-15-24(16-14-22)30-26(33)21-8-6-7-19(3)17-21/h6-17,28H,4-5,18H2,1-3H3,(H,29,32)(H,30,33). The second kappa shape index (κ2) is 11.7. The normalized spacial score (nSPS) is 10.3. The number of benzene rings is 3. The lowest BCUT2D eigenvalue weighted by molar-refractivity contribution is -0.114. The van der Waals surface area contributed by atoms with Crippen molar-refractivity contribution in [3.63, 3.8) is 0 Å². The molecule has 0 aromatic heterocycles. The largest absolute Gasteiger partial charge is 0.376 e. The molecule has 0 heterocycles. The van der Waals surface area contributed by atoms with Gasteiger partial charge in [-0.15, -0.1) is 0 Å². The number of nitrogens with one attached hydrogen (secondary N) is 3. The lowest BCUT2D eigenvalue weighted by Gasteiger charge is -2.18. The van der Waals surface area contributed by atoms with Crippen LogP contribution in [0.5, 0.6) is 0 Å². The zero-order valence-corrected chi connectivity index (χ0v) is 19.7. The molecule has 3 rings (SSSR count). The van der Waals surface area contributed by atoms with E-state index in [0.29, 0.717) is 35.6 Å². The fourth-order valence-electron chi connectivity index (χ4n) is 3.44. The molecule has 0 aliphatic carbocycles. The number of carbonyl (C=O) groups is 3. The van der Waals surface area contributed by atoms with Gasteiger partial charge >= 0.3 is 0 Å². The monoisotopic (exact) mass is 458 g/mol. The van der Waals surface area contributed by atoms with Crippen molar-refractivity contribution in [3.05, 3.63) is 89.5 Å². The number of hydrogen-bond donors (Lipinski definition) is 3. The third kappa shape index (κ3) is 6.68. The second-order valence-corrected chi connectivity index (χ2v) is 7.86. The Bertz CT molecular complexity index is 1140. The van der Waals surface area contributed by atoms with Crippen molar-refractivity contribution in [2.45, 2.75) is 20.8 Å². The molecule has 34 heavy (non-hydrogen) atoms. The van der Waals surface area contributed by atoms with Gasteiger partial charge in [0.25, 0.3) is 11.8 Å². The summed E-state index contributed by atoms with van der Waals surface area (Å²) >= 11 is 0. The molecule has 3 aromatic carbocycles. The molecular formula is C27H30N4O3. The number of amides is 3. The molecular weight excluding hydrogens is 428 g/mol. The van der Waals surface area contributed by atoms with Crippen molar-refractivity contribution in [1.29, 1.82) is 0 Å². The van der Waals surface area contributed by atoms with Crippen LogP contribution in [0, 0.1) is 6.92 Å². The van der Waals surface area contributed by atoms with E-state index < -0.39 is 0 Å². The minimum absolute atomic E-state index is 0.0249. The van der Waals surface area contributed by atoms with Gasteiger partial charge in [0.05, 0.1) is 6.54 Å². The van der Waals surface area contributed by atoms with Gasteiger partial charge in [-0.05, 0) is 81.4 Å². The van der Waals surface area contributed by atoms with Gasteiger partial charge in [0, 0.05) is 41.3 Å². The fourth-order valence-corrected chi connectivity index (χ4v) is 3.44. The Morgan fingerprint density at radius 2 is 1.32 bits per heavy atom. The summed E-state index contributed by atoms with van der Waals surface area (Å²) in [6, 6.07) is 21.4. The van der Waals surface area contributed by atoms with E-state index in [1.807, 2.05) is 39.0 Å². The van der Waals surface area contributed by atoms with Crippen LogP contribution in [-0.2, 0) is 4.79 Å². The Balaban J connectivity index is 1.48. The Kier molecular flexibility index (Phi) is 8.40. The minimum Gasteiger partial charge on any atom is -0.376 e. The molecule has 0 spiro atoms. The minimum atomic E-state index is -0.209. The second-order valence-electron chi connectivity index (χ2n) is 7.86. The maximum atomic E-state index is 12.4. The van der Waals surface area contributed by atoms with Crippen molar-refractivity contribution in [2.75, 3.05) is 35.6 Å². The summed E-state index contributed by atoms with van der Waals surface area (Å²) in [6.07, 6.45) is 0. The average Bonchev–Trinajstić information content (AvgIpc) is 2.84. The van der Waals surface area contributed by atoms with E-state index in [1.165, 1.54) is 0 Å². The van der Waals surface area contributed by atoms with Crippen molar-refractivity contribution in [1.82, 2.24) is 4.90 Å². The fraction of sp³-hybridized carbons (Fsp3) is 0.222. The van der Waals surface area contributed by atoms with E-state index in [9.17, 15) is 14.4 Å². The van der Waals surface area contributed by atoms with E-state index in [1.54, 1.807) is 59.5 Å². The zero-order valence-electron chi connectivity index (χ0n) is 19.7. The Hall–Kier alpha value is -4.13. The average molecular weight is 459 g/mol. The summed E-state index contributed by atoms with van der Waals surface area (Å²) in [5, 5.41) is 8.73. The molecule has 7 nitrogen and oxygen atoms in total. The summed E-state index contributed by atoms with van der Waals surface area (Å²) in [7, 11) is 0. The van der Waals surface area contributed by atoms with E-state index in [0.717, 1.165) is 11.3 Å². The van der Waals surface area contributed by atoms with Gasteiger partial charge in [-0.25, -0.2) is 0 Å². The van der Waals surface area contributed by atoms with Crippen LogP contribution in [-0.4, -0.2) is 42.3 Å². The van der Waals surface area contributed by atoms with Gasteiger partial charge in [-0.1, -0.05) is 17.7 Å². The van der Waals surface area contributed by atoms with Crippen molar-refractivity contribution < 1.29 is 14.4 Å². The van der Waals surface area contributed by atoms with Crippen LogP contribution < -0.4 is 16.0 Å². The van der Waals surface area contributed by atoms with E-state index >= 15 is 0 Å². The smallest absolute Gasteiger partial charge is 0.255 e. The number of hydrogen-bond acceptors (Lipinski definition) is 4. The van der Waals surface area contributed by atoms with Gasteiger partial charge in [0.2, 0.25) is 5.91 Å². The Morgan fingerprint density at radius 3 is 1.94 bits per heavy atom. The first kappa shape index (κ1) is 24.5. The molecule has 0 radical (unpaired) electrons. The molecule has 0 aliphatic rings. The molecule has 0 bridgehead atoms. The van der Waals surface area contributed by atoms with E-state index in [4.69, 9.17) is 0 Å². The number of nitrogens with zero attached hydrogens (tertiary/aromatic N) is 1. The summed E-state index contributed by atoms with van der Waals surface area (Å²) in [5.41, 5.74) is 4.26. The van der Waals surface area contributed by atoms with E-state index in [2.05, 4.69) is 16.0 Å². The Morgan fingerprint density at radius 1 is 0.735 bits per heavy atom. The van der Waals surface area contributed by atoms with Crippen molar-refractivity contribution >= 4 is 34.8 Å². The molecule has 0 saturated heterocycles. The highest BCUT2D eigenvalue weighted by molar-refractivity contribution is 6.04. The van der Waals surface area contributed by atoms with Crippen molar-refractivity contribution in [3.8, 4) is 0 Å². The number of anilines is 3. The molecule has 3 amide bonds. The number of rotatable bonds is 9. The number of carbonyl (C=O) groups excluding carboxylic acids is 3. The molecule has 0 aliphatic heterocycles. The molecule has 0 unspecified atom stereocenters. The first-order chi connectivity index (χ1) is 16.4. The van der Waals surface area contributed by atoms with Gasteiger partial charge < -0.3 is 20.9 Å². The molecule has 3 aromatic rings. The van der Waals surface area contributed by atoms with Crippen LogP contribution in [0.25, 0.3) is 0 Å². The van der Waals surface area contributed by atoms with Gasteiger partial charge in [0.1, 0.15) is 0 Å². The molecule has 176 valence electrons. The highest BCUT2D eigenvalue weighted by Gasteiger charge is 2.12. The maximum Gasteiger partial charge on any atom is 0.255 e. The van der Waals surface area contributed by atoms with Gasteiger partial charge in [0.15, 0.2) is 0 Å². The van der Waals surface area contributed by atoms with Gasteiger partial charge in [-0.2, -0.15) is 0 Å². The Labute approximate surface area is 200 Å². The van der Waals surface area contributed by atoms with E-state index in [-0.39, 0.29) is 24.3 Å². The topological polar surface area (TPSA) is 90.5 Å². The first-order valence-corrected chi connectivity index (χ1v) is 11.3. The molecule has 0 atom stereocenters. The quantitative estimate of drug-likeness (QED) is 0.430. The predicted octanol–water partition coefficient (Wildman–Crippen LogP) is 4.78. The summed E-state index contributed by atoms with van der Waals surface area (Å²) < 4.78 is 0. The van der Waals surface area contributed by atoms with Crippen LogP contribution >= 0.6 is 0 Å². The SMILES string of the molecule is CCN(CC)C(=O)c1ccc(NC(=O)CNc2ccc(NC(=O)c3cccc(C)c3)cc2)cc1. The first-order valence-electron chi connectivity index (χ1n) is 11.3. The maximum absolute atomic E-state index is 12.4. The summed E-state index contributed by atoms with van der Waals surface area (Å²) in [6.45, 7) is 7.21. The molecule has 3 N–H and O–H groups in total. The summed E-state index contributed by atoms with van der Waals surface area (Å²) in [5.74, 6) is -0.406. The third-order valence-corrected chi connectivity index (χ3v) is 5.34. The van der Waals surface area contributed by atoms with Crippen molar-refractivity contribution in [2.24, 2.45) is 0 Å². The zero-order chi connectivity index (χ0) is 24.5. The van der Waals surface area contributed by atoms with Crippen LogP contribution in [0.15, 0.2) is 72.8 Å². The van der Waals surface area contributed by atoms with Crippen LogP contribution in [0.2, 0.25) is 0 Å². The number of aryl methyl sites for hydroxylation is 1. The van der Waals surface area contributed by atoms with Crippen LogP contribution in [0.1, 0.15) is 40.1 Å². The highest BCUT2D eigenvalue weighted by Crippen LogP contribution is 2.16. The lowest BCUT2D eigenvalue weighted by Crippen LogP contribution is -2.30. The highest BCUT2D eigenvalue weighted by atomic mass is 16.2. The predicted molar refractivity (Wildman–Crippen MR) is 136 cm³/mol. The van der Waals surface area contributed by atoms with Crippen LogP contribution in [0.4, 0.5) is 17.1 Å². The molecule has 0 fully saturated rings. The molecule has 0 saturated carbocycles. The summed E-state index contributed by atoms with van der Waals surface area (Å²) in [4.78, 5) is 38.8. The lowest BCUT2D eigenvalue weighted by atomic mass is 10.1. The molecule has 7 heteroatoms. The third-order valence-electron chi connectivity index (χ3n) is 5.34. The van der Waals surface area contributed by atoms with Gasteiger partial charge in [-0.3, -0.25) is 14.4 Å².